The smallest absolute Gasteiger partial charge is 0.283 e. The number of rotatable bonds is 5. The van der Waals surface area contributed by atoms with E-state index in [1.54, 1.807) is 36.4 Å². The third-order valence-electron chi connectivity index (χ3n) is 4.15. The van der Waals surface area contributed by atoms with Crippen LogP contribution in [-0.2, 0) is 13.1 Å². The van der Waals surface area contributed by atoms with Gasteiger partial charge in [-0.05, 0) is 17.7 Å². The summed E-state index contributed by atoms with van der Waals surface area (Å²) in [6.45, 7) is 0.173. The van der Waals surface area contributed by atoms with Crippen LogP contribution in [0, 0.1) is 5.82 Å². The van der Waals surface area contributed by atoms with Gasteiger partial charge in [0.05, 0.1) is 13.1 Å². The molecule has 0 amide bonds. The Morgan fingerprint density at radius 1 is 1.04 bits per heavy atom. The topological polar surface area (TPSA) is 82.7 Å². The number of carbonyl (C=O) groups excluding carboxylic acids is 1. The van der Waals surface area contributed by atoms with Gasteiger partial charge in [0.2, 0.25) is 0 Å². The Balaban J connectivity index is 1.62. The Labute approximate surface area is 152 Å². The molecule has 0 N–H and O–H groups in total. The van der Waals surface area contributed by atoms with Crippen molar-refractivity contribution in [2.75, 3.05) is 0 Å². The lowest BCUT2D eigenvalue weighted by Crippen LogP contribution is -2.25. The molecule has 0 saturated carbocycles. The van der Waals surface area contributed by atoms with Crippen LogP contribution in [0.4, 0.5) is 4.39 Å². The molecule has 0 aliphatic heterocycles. The molecule has 7 nitrogen and oxygen atoms in total. The highest BCUT2D eigenvalue weighted by Gasteiger charge is 2.14. The first-order valence-electron chi connectivity index (χ1n) is 8.23. The largest absolute Gasteiger partial charge is 0.292 e. The van der Waals surface area contributed by atoms with Crippen LogP contribution < -0.4 is 5.56 Å². The zero-order valence-corrected chi connectivity index (χ0v) is 14.1. The van der Waals surface area contributed by atoms with Crippen molar-refractivity contribution in [2.45, 2.75) is 13.1 Å². The van der Waals surface area contributed by atoms with Gasteiger partial charge in [-0.25, -0.2) is 14.1 Å². The molecule has 0 atom stereocenters. The van der Waals surface area contributed by atoms with Crippen molar-refractivity contribution in [3.63, 3.8) is 0 Å². The fraction of sp³-hybridized carbons (Fsp3) is 0.105. The quantitative estimate of drug-likeness (QED) is 0.507. The molecule has 8 heteroatoms. The van der Waals surface area contributed by atoms with Gasteiger partial charge in [0.15, 0.2) is 16.9 Å². The molecule has 2 aromatic carbocycles. The Morgan fingerprint density at radius 2 is 1.78 bits per heavy atom. The van der Waals surface area contributed by atoms with Gasteiger partial charge in [-0.1, -0.05) is 47.7 Å². The molecule has 0 radical (unpaired) electrons. The van der Waals surface area contributed by atoms with Crippen LogP contribution in [0.25, 0.3) is 11.2 Å². The van der Waals surface area contributed by atoms with Gasteiger partial charge in [-0.2, -0.15) is 0 Å². The summed E-state index contributed by atoms with van der Waals surface area (Å²) in [4.78, 5) is 29.2. The highest BCUT2D eigenvalue weighted by Crippen LogP contribution is 2.09. The maximum Gasteiger partial charge on any atom is 0.283 e. The van der Waals surface area contributed by atoms with Crippen LogP contribution >= 0.6 is 0 Å². The van der Waals surface area contributed by atoms with Crippen molar-refractivity contribution in [2.24, 2.45) is 0 Å². The highest BCUT2D eigenvalue weighted by atomic mass is 19.1. The van der Waals surface area contributed by atoms with E-state index < -0.39 is 5.56 Å². The summed E-state index contributed by atoms with van der Waals surface area (Å²) >= 11 is 0. The number of fused-ring (bicyclic) bond motifs is 1. The molecule has 4 rings (SSSR count). The Bertz CT molecular complexity index is 1170. The number of benzene rings is 2. The minimum atomic E-state index is -0.436. The minimum absolute atomic E-state index is 0.0838. The number of hydrogen-bond donors (Lipinski definition) is 0. The molecular formula is C19H14FN5O2. The third-order valence-corrected chi connectivity index (χ3v) is 4.15. The number of carbonyl (C=O) groups is 1. The van der Waals surface area contributed by atoms with Crippen molar-refractivity contribution < 1.29 is 9.18 Å². The minimum Gasteiger partial charge on any atom is -0.292 e. The molecule has 0 saturated heterocycles. The molecule has 0 fully saturated rings. The van der Waals surface area contributed by atoms with Crippen LogP contribution in [0.2, 0.25) is 0 Å². The molecule has 0 unspecified atom stereocenters. The normalized spacial score (nSPS) is 11.0. The Kier molecular flexibility index (Phi) is 4.29. The van der Waals surface area contributed by atoms with Gasteiger partial charge in [-0.3, -0.25) is 14.2 Å². The molecule has 0 bridgehead atoms. The van der Waals surface area contributed by atoms with Gasteiger partial charge in [0.1, 0.15) is 12.1 Å². The summed E-state index contributed by atoms with van der Waals surface area (Å²) in [7, 11) is 0. The summed E-state index contributed by atoms with van der Waals surface area (Å²) in [5.41, 5.74) is 1.28. The van der Waals surface area contributed by atoms with Gasteiger partial charge < -0.3 is 0 Å². The van der Waals surface area contributed by atoms with Crippen LogP contribution in [0.3, 0.4) is 0 Å². The summed E-state index contributed by atoms with van der Waals surface area (Å²) in [5.74, 6) is -0.524. The van der Waals surface area contributed by atoms with Gasteiger partial charge >= 0.3 is 0 Å². The van der Waals surface area contributed by atoms with Gasteiger partial charge in [-0.15, -0.1) is 5.10 Å². The second-order valence-electron chi connectivity index (χ2n) is 6.01. The number of Topliss-reactive ketones (excluding diaryl/α,β-unsaturated/α-hetero) is 1. The fourth-order valence-electron chi connectivity index (χ4n) is 2.74. The molecule has 134 valence electrons. The molecule has 2 aromatic heterocycles. The average molecular weight is 363 g/mol. The zero-order chi connectivity index (χ0) is 18.8. The summed E-state index contributed by atoms with van der Waals surface area (Å²) in [6, 6.07) is 14.7. The third kappa shape index (κ3) is 3.37. The molecular weight excluding hydrogens is 349 g/mol. The summed E-state index contributed by atoms with van der Waals surface area (Å²) < 4.78 is 15.7. The lowest BCUT2D eigenvalue weighted by Gasteiger charge is -2.05. The van der Waals surface area contributed by atoms with Crippen molar-refractivity contribution in [1.82, 2.24) is 24.5 Å². The highest BCUT2D eigenvalue weighted by molar-refractivity contribution is 5.95. The van der Waals surface area contributed by atoms with Gasteiger partial charge in [0, 0.05) is 5.56 Å². The monoisotopic (exact) mass is 363 g/mol. The standard InChI is InChI=1S/C19H14FN5O2/c20-15-8-6-13(7-9-15)10-25-18-17(22-23-25)19(27)24(12-21-18)11-16(26)14-4-2-1-3-5-14/h1-9,12H,10-11H2. The van der Waals surface area contributed by atoms with E-state index in [4.69, 9.17) is 0 Å². The predicted octanol–water partition coefficient (Wildman–Crippen LogP) is 2.06. The van der Waals surface area contributed by atoms with E-state index in [9.17, 15) is 14.0 Å². The average Bonchev–Trinajstić information content (AvgIpc) is 3.10. The van der Waals surface area contributed by atoms with Crippen molar-refractivity contribution in [1.29, 1.82) is 0 Å². The summed E-state index contributed by atoms with van der Waals surface area (Å²) in [5, 5.41) is 7.87. The van der Waals surface area contributed by atoms with E-state index in [0.29, 0.717) is 17.8 Å². The predicted molar refractivity (Wildman–Crippen MR) is 95.9 cm³/mol. The number of aromatic nitrogens is 5. The number of ketones is 1. The Hall–Kier alpha value is -3.68. The molecule has 2 heterocycles. The molecule has 0 spiro atoms. The number of nitrogens with zero attached hydrogens (tertiary/aromatic N) is 5. The first-order chi connectivity index (χ1) is 13.1. The van der Waals surface area contributed by atoms with E-state index >= 15 is 0 Å². The lowest BCUT2D eigenvalue weighted by atomic mass is 10.1. The van der Waals surface area contributed by atoms with Crippen LogP contribution in [0.5, 0.6) is 0 Å². The SMILES string of the molecule is O=C(Cn1cnc2c(nnn2Cc2ccc(F)cc2)c1=O)c1ccccc1. The molecule has 27 heavy (non-hydrogen) atoms. The van der Waals surface area contributed by atoms with Crippen LogP contribution in [0.15, 0.2) is 65.7 Å². The van der Waals surface area contributed by atoms with Crippen molar-refractivity contribution in [3.8, 4) is 0 Å². The zero-order valence-electron chi connectivity index (χ0n) is 14.1. The molecule has 4 aromatic rings. The maximum atomic E-state index is 13.0. The second-order valence-corrected chi connectivity index (χ2v) is 6.01. The van der Waals surface area contributed by atoms with E-state index in [1.165, 1.54) is 27.7 Å². The van der Waals surface area contributed by atoms with E-state index in [0.717, 1.165) is 5.56 Å². The van der Waals surface area contributed by atoms with Crippen LogP contribution in [0.1, 0.15) is 15.9 Å². The van der Waals surface area contributed by atoms with Crippen LogP contribution in [-0.4, -0.2) is 30.3 Å². The Morgan fingerprint density at radius 3 is 2.52 bits per heavy atom. The second kappa shape index (κ2) is 6.91. The maximum absolute atomic E-state index is 13.0. The number of hydrogen-bond acceptors (Lipinski definition) is 5. The van der Waals surface area contributed by atoms with Crippen molar-refractivity contribution in [3.05, 3.63) is 88.2 Å². The first kappa shape index (κ1) is 16.8. The number of halogens is 1. The van der Waals surface area contributed by atoms with E-state index in [-0.39, 0.29) is 23.7 Å². The first-order valence-corrected chi connectivity index (χ1v) is 8.23. The van der Waals surface area contributed by atoms with Gasteiger partial charge in [0.25, 0.3) is 5.56 Å². The molecule has 0 aliphatic rings. The van der Waals surface area contributed by atoms with E-state index in [1.807, 2.05) is 6.07 Å². The van der Waals surface area contributed by atoms with E-state index in [2.05, 4.69) is 15.3 Å². The van der Waals surface area contributed by atoms with Crippen molar-refractivity contribution >= 4 is 16.9 Å². The lowest BCUT2D eigenvalue weighted by molar-refractivity contribution is 0.0970. The summed E-state index contributed by atoms with van der Waals surface area (Å²) in [6.07, 6.45) is 1.32. The fourth-order valence-corrected chi connectivity index (χ4v) is 2.74. The molecule has 0 aliphatic carbocycles.